The molecule has 0 saturated carbocycles. The summed E-state index contributed by atoms with van der Waals surface area (Å²) in [7, 11) is -3.44. The van der Waals surface area contributed by atoms with Gasteiger partial charge in [-0.25, -0.2) is 22.9 Å². The molecule has 10 heteroatoms. The van der Waals surface area contributed by atoms with E-state index in [1.807, 2.05) is 0 Å². The highest BCUT2D eigenvalue weighted by Crippen LogP contribution is 2.02. The second kappa shape index (κ2) is 8.01. The van der Waals surface area contributed by atoms with Crippen LogP contribution in [0, 0.1) is 11.5 Å². The molecule has 0 aliphatic heterocycles. The number of hydrogen-bond donors (Lipinski definition) is 1. The van der Waals surface area contributed by atoms with Crippen LogP contribution in [-0.4, -0.2) is 66.3 Å². The number of aliphatic carboxylic acids is 1. The van der Waals surface area contributed by atoms with E-state index in [0.29, 0.717) is 22.0 Å². The van der Waals surface area contributed by atoms with E-state index < -0.39 is 40.0 Å². The molecule has 0 radical (unpaired) electrons. The number of imide groups is 1. The maximum Gasteiger partial charge on any atom is 0.340 e. The minimum atomic E-state index is -3.44. The number of amides is 3. The SMILES string of the molecule is CCN(C#N)C(=O)N(CCS(C)(=O)=O)C(=O)/C=C/C(=O)O. The molecule has 0 saturated heterocycles. The number of hydrogen-bond acceptors (Lipinski definition) is 6. The van der Waals surface area contributed by atoms with Crippen molar-refractivity contribution in [2.45, 2.75) is 6.92 Å². The van der Waals surface area contributed by atoms with Crippen LogP contribution < -0.4 is 0 Å². The fourth-order valence-electron chi connectivity index (χ4n) is 1.18. The first-order valence-electron chi connectivity index (χ1n) is 5.73. The van der Waals surface area contributed by atoms with Gasteiger partial charge in [0.1, 0.15) is 9.84 Å². The predicted molar refractivity (Wildman–Crippen MR) is 71.6 cm³/mol. The lowest BCUT2D eigenvalue weighted by Gasteiger charge is -2.22. The maximum atomic E-state index is 11.9. The van der Waals surface area contributed by atoms with E-state index in [1.165, 1.54) is 6.92 Å². The molecule has 0 aliphatic carbocycles. The lowest BCUT2D eigenvalue weighted by atomic mass is 10.4. The number of carboxylic acids is 1. The standard InChI is InChI=1S/C11H15N3O6S/c1-3-13(8-12)11(18)14(6-7-21(2,19)20)9(15)4-5-10(16)17/h4-5H,3,6-7H2,1-2H3,(H,16,17)/b5-4+. The fourth-order valence-corrected chi connectivity index (χ4v) is 1.70. The van der Waals surface area contributed by atoms with Crippen molar-refractivity contribution < 1.29 is 27.9 Å². The summed E-state index contributed by atoms with van der Waals surface area (Å²) in [5, 5.41) is 17.2. The largest absolute Gasteiger partial charge is 0.478 e. The molecule has 0 fully saturated rings. The molecule has 0 aromatic heterocycles. The highest BCUT2D eigenvalue weighted by molar-refractivity contribution is 7.90. The Kier molecular flexibility index (Phi) is 7.09. The Morgan fingerprint density at radius 1 is 1.29 bits per heavy atom. The lowest BCUT2D eigenvalue weighted by molar-refractivity contribution is -0.132. The fraction of sp³-hybridized carbons (Fsp3) is 0.455. The average Bonchev–Trinajstić information content (AvgIpc) is 2.36. The van der Waals surface area contributed by atoms with Gasteiger partial charge in [-0.1, -0.05) is 0 Å². The molecule has 0 rings (SSSR count). The molecule has 0 atom stereocenters. The molecule has 0 spiro atoms. The van der Waals surface area contributed by atoms with Crippen LogP contribution in [0.25, 0.3) is 0 Å². The molecular weight excluding hydrogens is 302 g/mol. The van der Waals surface area contributed by atoms with Crippen molar-refractivity contribution in [1.29, 1.82) is 5.26 Å². The zero-order valence-electron chi connectivity index (χ0n) is 11.5. The third-order valence-electron chi connectivity index (χ3n) is 2.22. The summed E-state index contributed by atoms with van der Waals surface area (Å²) in [6, 6.07) is -1.01. The normalized spacial score (nSPS) is 10.9. The Labute approximate surface area is 122 Å². The first kappa shape index (κ1) is 18.6. The van der Waals surface area contributed by atoms with E-state index in [9.17, 15) is 22.8 Å². The molecule has 0 bridgehead atoms. The Balaban J connectivity index is 5.27. The summed E-state index contributed by atoms with van der Waals surface area (Å²) in [4.78, 5) is 35.2. The van der Waals surface area contributed by atoms with Gasteiger partial charge in [0.2, 0.25) is 0 Å². The topological polar surface area (TPSA) is 136 Å². The van der Waals surface area contributed by atoms with Crippen LogP contribution >= 0.6 is 0 Å². The number of sulfone groups is 1. The molecular formula is C11H15N3O6S. The van der Waals surface area contributed by atoms with E-state index in [1.54, 1.807) is 6.19 Å². The highest BCUT2D eigenvalue weighted by atomic mass is 32.2. The minimum absolute atomic E-state index is 0.0133. The van der Waals surface area contributed by atoms with Gasteiger partial charge in [0.05, 0.1) is 5.75 Å². The quantitative estimate of drug-likeness (QED) is 0.393. The number of carbonyl (C=O) groups is 3. The van der Waals surface area contributed by atoms with E-state index >= 15 is 0 Å². The molecule has 116 valence electrons. The van der Waals surface area contributed by atoms with Crippen molar-refractivity contribution in [3.05, 3.63) is 12.2 Å². The van der Waals surface area contributed by atoms with Gasteiger partial charge in [-0.2, -0.15) is 5.26 Å². The van der Waals surface area contributed by atoms with E-state index in [4.69, 9.17) is 10.4 Å². The molecule has 1 N–H and O–H groups in total. The Morgan fingerprint density at radius 2 is 1.86 bits per heavy atom. The molecule has 21 heavy (non-hydrogen) atoms. The first-order valence-corrected chi connectivity index (χ1v) is 7.80. The van der Waals surface area contributed by atoms with Gasteiger partial charge in [0, 0.05) is 31.5 Å². The van der Waals surface area contributed by atoms with Crippen molar-refractivity contribution >= 4 is 27.7 Å². The summed E-state index contributed by atoms with van der Waals surface area (Å²) >= 11 is 0. The van der Waals surface area contributed by atoms with Gasteiger partial charge >= 0.3 is 12.0 Å². The van der Waals surface area contributed by atoms with Crippen molar-refractivity contribution in [2.24, 2.45) is 0 Å². The van der Waals surface area contributed by atoms with Gasteiger partial charge in [-0.3, -0.25) is 9.69 Å². The lowest BCUT2D eigenvalue weighted by Crippen LogP contribution is -2.45. The van der Waals surface area contributed by atoms with Crippen LogP contribution in [-0.2, 0) is 19.4 Å². The third kappa shape index (κ3) is 7.07. The number of carboxylic acid groups (broad SMARTS) is 1. The molecule has 0 aromatic carbocycles. The molecule has 0 unspecified atom stereocenters. The van der Waals surface area contributed by atoms with Crippen LogP contribution in [0.15, 0.2) is 12.2 Å². The van der Waals surface area contributed by atoms with Crippen LogP contribution in [0.3, 0.4) is 0 Å². The van der Waals surface area contributed by atoms with Crippen LogP contribution in [0.4, 0.5) is 4.79 Å². The van der Waals surface area contributed by atoms with Crippen LogP contribution in [0.1, 0.15) is 6.92 Å². The zero-order chi connectivity index (χ0) is 16.6. The molecule has 0 aliphatic rings. The predicted octanol–water partition coefficient (Wildman–Crippen LogP) is -0.577. The van der Waals surface area contributed by atoms with Gasteiger partial charge in [-0.05, 0) is 6.92 Å². The molecule has 0 aromatic rings. The average molecular weight is 317 g/mol. The number of nitriles is 1. The Hall–Kier alpha value is -2.41. The summed E-state index contributed by atoms with van der Waals surface area (Å²) < 4.78 is 22.2. The number of urea groups is 1. The Bertz CT molecular complexity index is 590. The third-order valence-corrected chi connectivity index (χ3v) is 3.14. The van der Waals surface area contributed by atoms with E-state index in [0.717, 1.165) is 6.26 Å². The second-order valence-corrected chi connectivity index (χ2v) is 6.18. The van der Waals surface area contributed by atoms with Crippen molar-refractivity contribution in [1.82, 2.24) is 9.80 Å². The van der Waals surface area contributed by atoms with Crippen molar-refractivity contribution in [3.8, 4) is 6.19 Å². The van der Waals surface area contributed by atoms with Gasteiger partial charge in [-0.15, -0.1) is 0 Å². The Morgan fingerprint density at radius 3 is 2.24 bits per heavy atom. The van der Waals surface area contributed by atoms with Gasteiger partial charge < -0.3 is 5.11 Å². The van der Waals surface area contributed by atoms with Gasteiger partial charge in [0.25, 0.3) is 5.91 Å². The number of rotatable bonds is 6. The second-order valence-electron chi connectivity index (χ2n) is 3.92. The minimum Gasteiger partial charge on any atom is -0.478 e. The smallest absolute Gasteiger partial charge is 0.340 e. The molecule has 9 nitrogen and oxygen atoms in total. The van der Waals surface area contributed by atoms with Crippen molar-refractivity contribution in [2.75, 3.05) is 25.1 Å². The molecule has 0 heterocycles. The number of nitrogens with zero attached hydrogens (tertiary/aromatic N) is 3. The molecule has 3 amide bonds. The first-order chi connectivity index (χ1) is 9.62. The summed E-state index contributed by atoms with van der Waals surface area (Å²) in [6.45, 7) is 1.01. The van der Waals surface area contributed by atoms with Crippen LogP contribution in [0.5, 0.6) is 0 Å². The number of carbonyl (C=O) groups excluding carboxylic acids is 2. The van der Waals surface area contributed by atoms with E-state index in [-0.39, 0.29) is 6.54 Å². The summed E-state index contributed by atoms with van der Waals surface area (Å²) in [5.41, 5.74) is 0. The van der Waals surface area contributed by atoms with Crippen molar-refractivity contribution in [3.63, 3.8) is 0 Å². The van der Waals surface area contributed by atoms with E-state index in [2.05, 4.69) is 0 Å². The maximum absolute atomic E-state index is 11.9. The summed E-state index contributed by atoms with van der Waals surface area (Å²) in [6.07, 6.45) is 3.61. The monoisotopic (exact) mass is 317 g/mol. The highest BCUT2D eigenvalue weighted by Gasteiger charge is 2.25. The van der Waals surface area contributed by atoms with Gasteiger partial charge in [0.15, 0.2) is 6.19 Å². The zero-order valence-corrected chi connectivity index (χ0v) is 12.3. The summed E-state index contributed by atoms with van der Waals surface area (Å²) in [5.74, 6) is -2.90. The van der Waals surface area contributed by atoms with Crippen LogP contribution in [0.2, 0.25) is 0 Å².